The molecule has 1 amide bonds. The second kappa shape index (κ2) is 5.61. The maximum absolute atomic E-state index is 12.1. The van der Waals surface area contributed by atoms with Gasteiger partial charge in [0.15, 0.2) is 0 Å². The molecule has 0 aliphatic carbocycles. The molecule has 5 heteroatoms. The van der Waals surface area contributed by atoms with Crippen molar-refractivity contribution in [1.82, 2.24) is 5.32 Å². The minimum Gasteiger partial charge on any atom is -0.480 e. The number of halogens is 1. The van der Waals surface area contributed by atoms with Crippen molar-refractivity contribution in [3.05, 3.63) is 34.3 Å². The van der Waals surface area contributed by atoms with Crippen LogP contribution in [-0.2, 0) is 4.79 Å². The minimum atomic E-state index is -1.05. The molecular formula is C14H18ClNO3. The van der Waals surface area contributed by atoms with Crippen molar-refractivity contribution in [2.45, 2.75) is 33.7 Å². The summed E-state index contributed by atoms with van der Waals surface area (Å²) in [6.45, 7) is 7.08. The quantitative estimate of drug-likeness (QED) is 0.896. The number of carbonyl (C=O) groups is 2. The first kappa shape index (κ1) is 15.5. The van der Waals surface area contributed by atoms with E-state index in [-0.39, 0.29) is 0 Å². The number of hydrogen-bond donors (Lipinski definition) is 2. The number of rotatable bonds is 3. The number of amides is 1. The Balaban J connectivity index is 2.94. The standard InChI is InChI=1S/C14H18ClNO3/c1-8-7-9(5-6-10(8)15)12(17)16-11(13(18)19)14(2,3)4/h5-7,11H,1-4H3,(H,16,17)(H,18,19)/t11-/m0/s1. The smallest absolute Gasteiger partial charge is 0.326 e. The number of benzene rings is 1. The van der Waals surface area contributed by atoms with Crippen LogP contribution in [0.3, 0.4) is 0 Å². The highest BCUT2D eigenvalue weighted by atomic mass is 35.5. The van der Waals surface area contributed by atoms with E-state index in [1.807, 2.05) is 0 Å². The van der Waals surface area contributed by atoms with Crippen LogP contribution in [0, 0.1) is 12.3 Å². The van der Waals surface area contributed by atoms with Gasteiger partial charge in [-0.1, -0.05) is 32.4 Å². The van der Waals surface area contributed by atoms with Crippen LogP contribution < -0.4 is 5.32 Å². The van der Waals surface area contributed by atoms with Gasteiger partial charge >= 0.3 is 5.97 Å². The molecule has 0 heterocycles. The summed E-state index contributed by atoms with van der Waals surface area (Å²) >= 11 is 5.89. The molecular weight excluding hydrogens is 266 g/mol. The molecule has 0 fully saturated rings. The highest BCUT2D eigenvalue weighted by molar-refractivity contribution is 6.31. The molecule has 19 heavy (non-hydrogen) atoms. The van der Waals surface area contributed by atoms with Gasteiger partial charge in [-0.2, -0.15) is 0 Å². The lowest BCUT2D eigenvalue weighted by molar-refractivity contribution is -0.142. The van der Waals surface area contributed by atoms with Crippen LogP contribution in [0.4, 0.5) is 0 Å². The zero-order valence-electron chi connectivity index (χ0n) is 11.5. The molecule has 2 N–H and O–H groups in total. The van der Waals surface area contributed by atoms with Gasteiger partial charge in [-0.05, 0) is 36.1 Å². The van der Waals surface area contributed by atoms with Crippen molar-refractivity contribution < 1.29 is 14.7 Å². The fourth-order valence-corrected chi connectivity index (χ4v) is 1.77. The van der Waals surface area contributed by atoms with Gasteiger partial charge in [0.25, 0.3) is 5.91 Å². The normalized spacial score (nSPS) is 12.9. The Labute approximate surface area is 117 Å². The van der Waals surface area contributed by atoms with Crippen molar-refractivity contribution in [2.75, 3.05) is 0 Å². The van der Waals surface area contributed by atoms with Crippen LogP contribution in [0.1, 0.15) is 36.7 Å². The Kier molecular flexibility index (Phi) is 4.58. The van der Waals surface area contributed by atoms with Gasteiger partial charge in [0.05, 0.1) is 0 Å². The van der Waals surface area contributed by atoms with Crippen LogP contribution in [0.5, 0.6) is 0 Å². The van der Waals surface area contributed by atoms with Crippen molar-refractivity contribution in [3.63, 3.8) is 0 Å². The van der Waals surface area contributed by atoms with E-state index >= 15 is 0 Å². The molecule has 0 bridgehead atoms. The first-order valence-electron chi connectivity index (χ1n) is 5.92. The lowest BCUT2D eigenvalue weighted by Crippen LogP contribution is -2.49. The zero-order valence-corrected chi connectivity index (χ0v) is 12.2. The number of carboxylic acid groups (broad SMARTS) is 1. The Hall–Kier alpha value is -1.55. The van der Waals surface area contributed by atoms with E-state index in [2.05, 4.69) is 5.32 Å². The maximum atomic E-state index is 12.1. The average Bonchev–Trinajstić information content (AvgIpc) is 2.27. The molecule has 0 aromatic heterocycles. The number of carboxylic acids is 1. The molecule has 0 aliphatic rings. The summed E-state index contributed by atoms with van der Waals surface area (Å²) in [5.74, 6) is -1.46. The Morgan fingerprint density at radius 3 is 2.32 bits per heavy atom. The largest absolute Gasteiger partial charge is 0.480 e. The van der Waals surface area contributed by atoms with Crippen LogP contribution >= 0.6 is 11.6 Å². The highest BCUT2D eigenvalue weighted by Crippen LogP contribution is 2.21. The molecule has 1 aromatic rings. The SMILES string of the molecule is Cc1cc(C(=O)N[C@@H](C(=O)O)C(C)(C)C)ccc1Cl. The van der Waals surface area contributed by atoms with Crippen LogP contribution in [0.25, 0.3) is 0 Å². The van der Waals surface area contributed by atoms with Crippen LogP contribution in [0.2, 0.25) is 5.02 Å². The fourth-order valence-electron chi connectivity index (χ4n) is 1.65. The van der Waals surface area contributed by atoms with Gasteiger partial charge in [0.1, 0.15) is 6.04 Å². The molecule has 4 nitrogen and oxygen atoms in total. The Bertz CT molecular complexity index is 506. The number of nitrogens with one attached hydrogen (secondary N) is 1. The van der Waals surface area contributed by atoms with E-state index in [1.54, 1.807) is 45.9 Å². The Morgan fingerprint density at radius 1 is 1.32 bits per heavy atom. The zero-order chi connectivity index (χ0) is 14.8. The number of aryl methyl sites for hydroxylation is 1. The Morgan fingerprint density at radius 2 is 1.89 bits per heavy atom. The van der Waals surface area contributed by atoms with Crippen molar-refractivity contribution in [2.24, 2.45) is 5.41 Å². The summed E-state index contributed by atoms with van der Waals surface area (Å²) in [7, 11) is 0. The minimum absolute atomic E-state index is 0.400. The fraction of sp³-hybridized carbons (Fsp3) is 0.429. The van der Waals surface area contributed by atoms with Crippen molar-refractivity contribution in [1.29, 1.82) is 0 Å². The highest BCUT2D eigenvalue weighted by Gasteiger charge is 2.32. The van der Waals surface area contributed by atoms with Gasteiger partial charge in [-0.15, -0.1) is 0 Å². The number of hydrogen-bond acceptors (Lipinski definition) is 2. The monoisotopic (exact) mass is 283 g/mol. The van der Waals surface area contributed by atoms with Crippen molar-refractivity contribution >= 4 is 23.5 Å². The summed E-state index contributed by atoms with van der Waals surface area (Å²) in [6.07, 6.45) is 0. The van der Waals surface area contributed by atoms with Gasteiger partial charge < -0.3 is 10.4 Å². The molecule has 1 rings (SSSR count). The van der Waals surface area contributed by atoms with E-state index in [0.717, 1.165) is 5.56 Å². The second-order valence-electron chi connectivity index (χ2n) is 5.57. The lowest BCUT2D eigenvalue weighted by Gasteiger charge is -2.27. The molecule has 0 radical (unpaired) electrons. The van der Waals surface area contributed by atoms with E-state index in [0.29, 0.717) is 10.6 Å². The summed E-state index contributed by atoms with van der Waals surface area (Å²) in [4.78, 5) is 23.3. The summed E-state index contributed by atoms with van der Waals surface area (Å²) in [6, 6.07) is 3.89. The molecule has 1 atom stereocenters. The molecule has 0 unspecified atom stereocenters. The predicted molar refractivity (Wildman–Crippen MR) is 74.5 cm³/mol. The average molecular weight is 284 g/mol. The molecule has 0 aliphatic heterocycles. The predicted octanol–water partition coefficient (Wildman–Crippen LogP) is 2.88. The third-order valence-electron chi connectivity index (χ3n) is 2.81. The van der Waals surface area contributed by atoms with Crippen LogP contribution in [0.15, 0.2) is 18.2 Å². The third kappa shape index (κ3) is 3.96. The van der Waals surface area contributed by atoms with E-state index < -0.39 is 23.3 Å². The maximum Gasteiger partial charge on any atom is 0.326 e. The molecule has 1 aromatic carbocycles. The summed E-state index contributed by atoms with van der Waals surface area (Å²) in [5.41, 5.74) is 0.609. The third-order valence-corrected chi connectivity index (χ3v) is 3.23. The second-order valence-corrected chi connectivity index (χ2v) is 5.98. The lowest BCUT2D eigenvalue weighted by atomic mass is 9.86. The van der Waals surface area contributed by atoms with E-state index in [4.69, 9.17) is 16.7 Å². The summed E-state index contributed by atoms with van der Waals surface area (Å²) < 4.78 is 0. The first-order valence-corrected chi connectivity index (χ1v) is 6.30. The van der Waals surface area contributed by atoms with Crippen molar-refractivity contribution in [3.8, 4) is 0 Å². The first-order chi connectivity index (χ1) is 8.62. The van der Waals surface area contributed by atoms with E-state index in [1.165, 1.54) is 0 Å². The van der Waals surface area contributed by atoms with Crippen LogP contribution in [-0.4, -0.2) is 23.0 Å². The van der Waals surface area contributed by atoms with Gasteiger partial charge in [-0.25, -0.2) is 4.79 Å². The number of aliphatic carboxylic acids is 1. The molecule has 0 saturated heterocycles. The number of carbonyl (C=O) groups excluding carboxylic acids is 1. The topological polar surface area (TPSA) is 66.4 Å². The molecule has 0 saturated carbocycles. The van der Waals surface area contributed by atoms with Gasteiger partial charge in [0.2, 0.25) is 0 Å². The molecule has 0 spiro atoms. The molecule has 104 valence electrons. The van der Waals surface area contributed by atoms with Gasteiger partial charge in [-0.3, -0.25) is 4.79 Å². The summed E-state index contributed by atoms with van der Waals surface area (Å²) in [5, 5.41) is 12.3. The van der Waals surface area contributed by atoms with E-state index in [9.17, 15) is 9.59 Å². The van der Waals surface area contributed by atoms with Gasteiger partial charge in [0, 0.05) is 10.6 Å².